The molecule has 1 aromatic heterocycles. The highest BCUT2D eigenvalue weighted by Crippen LogP contribution is 2.54. The van der Waals surface area contributed by atoms with Gasteiger partial charge in [-0.3, -0.25) is 9.78 Å². The average Bonchev–Trinajstić information content (AvgIpc) is 2.14. The first-order valence-electron chi connectivity index (χ1n) is 4.60. The monoisotopic (exact) mass is 291 g/mol. The fourth-order valence-corrected chi connectivity index (χ4v) is 2.62. The molecular formula is C10H8BrF2NO2. The van der Waals surface area contributed by atoms with E-state index in [9.17, 15) is 13.6 Å². The Bertz CT molecular complexity index is 442. The summed E-state index contributed by atoms with van der Waals surface area (Å²) in [7, 11) is 0. The Balaban J connectivity index is 2.44. The van der Waals surface area contributed by atoms with E-state index in [1.807, 2.05) is 0 Å². The quantitative estimate of drug-likeness (QED) is 0.911. The van der Waals surface area contributed by atoms with Crippen LogP contribution in [0.1, 0.15) is 18.5 Å². The van der Waals surface area contributed by atoms with Gasteiger partial charge < -0.3 is 5.11 Å². The molecule has 0 unspecified atom stereocenters. The van der Waals surface area contributed by atoms with E-state index in [0.717, 1.165) is 0 Å². The molecule has 6 heteroatoms. The van der Waals surface area contributed by atoms with Crippen molar-refractivity contribution < 1.29 is 18.7 Å². The molecular weight excluding hydrogens is 284 g/mol. The minimum atomic E-state index is -2.91. The molecule has 0 aromatic carbocycles. The lowest BCUT2D eigenvalue weighted by molar-refractivity contribution is -0.174. The molecule has 86 valence electrons. The molecule has 0 bridgehead atoms. The molecule has 0 spiro atoms. The van der Waals surface area contributed by atoms with Crippen molar-refractivity contribution in [3.63, 3.8) is 0 Å². The minimum Gasteiger partial charge on any atom is -0.481 e. The normalized spacial score (nSPS) is 21.2. The summed E-state index contributed by atoms with van der Waals surface area (Å²) in [5.41, 5.74) is -1.38. The Hall–Kier alpha value is -1.04. The maximum absolute atomic E-state index is 12.9. The molecule has 3 nitrogen and oxygen atoms in total. The topological polar surface area (TPSA) is 50.2 Å². The van der Waals surface area contributed by atoms with E-state index in [-0.39, 0.29) is 5.69 Å². The molecule has 0 atom stereocenters. The molecule has 1 N–H and O–H groups in total. The first-order valence-corrected chi connectivity index (χ1v) is 5.39. The van der Waals surface area contributed by atoms with Gasteiger partial charge in [-0.25, -0.2) is 8.78 Å². The third-order valence-electron chi connectivity index (χ3n) is 2.74. The van der Waals surface area contributed by atoms with Crippen LogP contribution in [0.25, 0.3) is 0 Å². The molecule has 1 fully saturated rings. The predicted molar refractivity (Wildman–Crippen MR) is 55.4 cm³/mol. The number of aliphatic carboxylic acids is 1. The highest BCUT2D eigenvalue weighted by Gasteiger charge is 2.63. The molecule has 1 heterocycles. The van der Waals surface area contributed by atoms with Crippen LogP contribution in [0.4, 0.5) is 8.78 Å². The van der Waals surface area contributed by atoms with Crippen LogP contribution in [0.5, 0.6) is 0 Å². The number of rotatable bonds is 2. The van der Waals surface area contributed by atoms with E-state index in [1.165, 1.54) is 6.20 Å². The van der Waals surface area contributed by atoms with E-state index < -0.39 is 30.1 Å². The maximum Gasteiger partial charge on any atom is 0.316 e. The molecule has 1 aliphatic carbocycles. The van der Waals surface area contributed by atoms with E-state index in [0.29, 0.717) is 4.47 Å². The van der Waals surface area contributed by atoms with Crippen LogP contribution in [0.3, 0.4) is 0 Å². The van der Waals surface area contributed by atoms with Crippen molar-refractivity contribution in [3.8, 4) is 0 Å². The second-order valence-electron chi connectivity index (χ2n) is 3.93. The number of aromatic nitrogens is 1. The highest BCUT2D eigenvalue weighted by molar-refractivity contribution is 9.10. The SMILES string of the molecule is O=C(O)C1(c2ncccc2Br)CC(F)(F)C1. The van der Waals surface area contributed by atoms with Crippen molar-refractivity contribution in [2.24, 2.45) is 0 Å². The summed E-state index contributed by atoms with van der Waals surface area (Å²) in [5.74, 6) is -4.16. The number of pyridine rings is 1. The van der Waals surface area contributed by atoms with Gasteiger partial charge in [0, 0.05) is 23.5 Å². The minimum absolute atomic E-state index is 0.174. The Labute approximate surface area is 98.6 Å². The molecule has 0 amide bonds. The van der Waals surface area contributed by atoms with Gasteiger partial charge in [-0.1, -0.05) is 0 Å². The Morgan fingerprint density at radius 3 is 2.56 bits per heavy atom. The first-order chi connectivity index (χ1) is 7.37. The summed E-state index contributed by atoms with van der Waals surface area (Å²) in [4.78, 5) is 15.0. The van der Waals surface area contributed by atoms with Crippen LogP contribution in [-0.4, -0.2) is 22.0 Å². The zero-order valence-corrected chi connectivity index (χ0v) is 9.67. The van der Waals surface area contributed by atoms with Crippen LogP contribution < -0.4 is 0 Å². The van der Waals surface area contributed by atoms with Crippen molar-refractivity contribution in [3.05, 3.63) is 28.5 Å². The van der Waals surface area contributed by atoms with Crippen molar-refractivity contribution in [1.82, 2.24) is 4.98 Å². The molecule has 0 saturated heterocycles. The summed E-state index contributed by atoms with van der Waals surface area (Å²) in [6, 6.07) is 3.21. The lowest BCUT2D eigenvalue weighted by Crippen LogP contribution is -2.55. The van der Waals surface area contributed by atoms with Gasteiger partial charge in [0.15, 0.2) is 0 Å². The summed E-state index contributed by atoms with van der Waals surface area (Å²) in [6.45, 7) is 0. The van der Waals surface area contributed by atoms with Gasteiger partial charge in [0.1, 0.15) is 5.41 Å². The lowest BCUT2D eigenvalue weighted by Gasteiger charge is -2.43. The lowest BCUT2D eigenvalue weighted by atomic mass is 9.64. The number of carboxylic acids is 1. The van der Waals surface area contributed by atoms with Gasteiger partial charge >= 0.3 is 5.97 Å². The maximum atomic E-state index is 12.9. The van der Waals surface area contributed by atoms with Crippen molar-refractivity contribution >= 4 is 21.9 Å². The fraction of sp³-hybridized carbons (Fsp3) is 0.400. The second kappa shape index (κ2) is 3.48. The average molecular weight is 292 g/mol. The summed E-state index contributed by atoms with van der Waals surface area (Å²) in [5, 5.41) is 9.10. The Morgan fingerprint density at radius 1 is 1.50 bits per heavy atom. The van der Waals surface area contributed by atoms with Gasteiger partial charge in [-0.2, -0.15) is 0 Å². The summed E-state index contributed by atoms with van der Waals surface area (Å²) in [6.07, 6.45) is 0.0249. The molecule has 2 rings (SSSR count). The molecule has 1 saturated carbocycles. The highest BCUT2D eigenvalue weighted by atomic mass is 79.9. The molecule has 0 aliphatic heterocycles. The van der Waals surface area contributed by atoms with Gasteiger partial charge in [0.25, 0.3) is 5.92 Å². The number of alkyl halides is 2. The molecule has 0 radical (unpaired) electrons. The molecule has 1 aromatic rings. The largest absolute Gasteiger partial charge is 0.481 e. The number of hydrogen-bond donors (Lipinski definition) is 1. The van der Waals surface area contributed by atoms with Crippen LogP contribution in [0, 0.1) is 0 Å². The number of hydrogen-bond acceptors (Lipinski definition) is 2. The smallest absolute Gasteiger partial charge is 0.316 e. The van der Waals surface area contributed by atoms with E-state index in [4.69, 9.17) is 5.11 Å². The van der Waals surface area contributed by atoms with Gasteiger partial charge in [-0.05, 0) is 28.1 Å². The van der Waals surface area contributed by atoms with E-state index >= 15 is 0 Å². The van der Waals surface area contributed by atoms with Crippen molar-refractivity contribution in [2.75, 3.05) is 0 Å². The zero-order valence-electron chi connectivity index (χ0n) is 8.08. The molecule has 1 aliphatic rings. The van der Waals surface area contributed by atoms with Gasteiger partial charge in [0.05, 0.1) is 5.69 Å². The number of carbonyl (C=O) groups is 1. The zero-order chi connectivity index (χ0) is 12.0. The van der Waals surface area contributed by atoms with Gasteiger partial charge in [0.2, 0.25) is 0 Å². The standard InChI is InChI=1S/C10H8BrF2NO2/c11-6-2-1-3-14-7(6)9(8(15)16)4-10(12,13)5-9/h1-3H,4-5H2,(H,15,16). The third kappa shape index (κ3) is 1.61. The number of halogens is 3. The van der Waals surface area contributed by atoms with E-state index in [1.54, 1.807) is 12.1 Å². The van der Waals surface area contributed by atoms with Crippen LogP contribution in [-0.2, 0) is 10.2 Å². The third-order valence-corrected chi connectivity index (χ3v) is 3.38. The Kier molecular flexibility index (Phi) is 2.49. The van der Waals surface area contributed by atoms with Gasteiger partial charge in [-0.15, -0.1) is 0 Å². The van der Waals surface area contributed by atoms with Crippen LogP contribution in [0.2, 0.25) is 0 Å². The number of carboxylic acid groups (broad SMARTS) is 1. The summed E-state index contributed by atoms with van der Waals surface area (Å²) >= 11 is 3.14. The van der Waals surface area contributed by atoms with Crippen LogP contribution >= 0.6 is 15.9 Å². The van der Waals surface area contributed by atoms with Crippen molar-refractivity contribution in [1.29, 1.82) is 0 Å². The molecule has 16 heavy (non-hydrogen) atoms. The number of nitrogens with zero attached hydrogens (tertiary/aromatic N) is 1. The van der Waals surface area contributed by atoms with Crippen molar-refractivity contribution in [2.45, 2.75) is 24.2 Å². The predicted octanol–water partition coefficient (Wildman–Crippen LogP) is 2.60. The Morgan fingerprint density at radius 2 is 2.12 bits per heavy atom. The second-order valence-corrected chi connectivity index (χ2v) is 4.78. The fourth-order valence-electron chi connectivity index (χ4n) is 1.99. The summed E-state index contributed by atoms with van der Waals surface area (Å²) < 4.78 is 26.3. The van der Waals surface area contributed by atoms with E-state index in [2.05, 4.69) is 20.9 Å². The first kappa shape index (κ1) is 11.4. The van der Waals surface area contributed by atoms with Crippen LogP contribution in [0.15, 0.2) is 22.8 Å².